The van der Waals surface area contributed by atoms with Gasteiger partial charge in [0.25, 0.3) is 5.91 Å². The molecule has 1 fully saturated rings. The number of carbonyl (C=O) groups excluding carboxylic acids is 1. The number of hydrogen-bond acceptors (Lipinski definition) is 4. The van der Waals surface area contributed by atoms with E-state index in [0.717, 1.165) is 41.1 Å². The molecule has 3 aromatic heterocycles. The van der Waals surface area contributed by atoms with Crippen LogP contribution in [0.25, 0.3) is 15.9 Å². The molecule has 0 saturated carbocycles. The lowest BCUT2D eigenvalue weighted by molar-refractivity contribution is 0.0730. The van der Waals surface area contributed by atoms with Crippen LogP contribution < -0.4 is 0 Å². The SMILES string of the molecule is Cc1ccn2cc(C(=O)N3CCC[C@H]3c3nc4ccccc4s3)nc2c1. The van der Waals surface area contributed by atoms with E-state index in [4.69, 9.17) is 4.98 Å². The van der Waals surface area contributed by atoms with Gasteiger partial charge in [0.05, 0.1) is 16.3 Å². The van der Waals surface area contributed by atoms with Crippen LogP contribution in [0.3, 0.4) is 0 Å². The van der Waals surface area contributed by atoms with Crippen molar-refractivity contribution in [2.24, 2.45) is 0 Å². The number of imidazole rings is 1. The van der Waals surface area contributed by atoms with Crippen LogP contribution in [0.2, 0.25) is 0 Å². The van der Waals surface area contributed by atoms with Crippen LogP contribution in [0.5, 0.6) is 0 Å². The molecule has 6 heteroatoms. The number of nitrogens with zero attached hydrogens (tertiary/aromatic N) is 4. The lowest BCUT2D eigenvalue weighted by Gasteiger charge is -2.22. The number of benzene rings is 1. The molecule has 26 heavy (non-hydrogen) atoms. The van der Waals surface area contributed by atoms with Crippen molar-refractivity contribution < 1.29 is 4.79 Å². The van der Waals surface area contributed by atoms with E-state index in [-0.39, 0.29) is 11.9 Å². The lowest BCUT2D eigenvalue weighted by atomic mass is 10.2. The molecule has 0 radical (unpaired) electrons. The summed E-state index contributed by atoms with van der Waals surface area (Å²) in [6.07, 6.45) is 5.73. The van der Waals surface area contributed by atoms with Crippen molar-refractivity contribution in [1.82, 2.24) is 19.3 Å². The van der Waals surface area contributed by atoms with Crippen molar-refractivity contribution in [1.29, 1.82) is 0 Å². The fraction of sp³-hybridized carbons (Fsp3) is 0.250. The first-order valence-electron chi connectivity index (χ1n) is 8.81. The quantitative estimate of drug-likeness (QED) is 0.536. The molecule has 0 spiro atoms. The van der Waals surface area contributed by atoms with E-state index in [1.807, 2.05) is 58.9 Å². The highest BCUT2D eigenvalue weighted by Gasteiger charge is 2.33. The average Bonchev–Trinajstić information content (AvgIpc) is 3.36. The molecule has 5 rings (SSSR count). The highest BCUT2D eigenvalue weighted by Crippen LogP contribution is 2.37. The van der Waals surface area contributed by atoms with Gasteiger partial charge in [-0.05, 0) is 49.6 Å². The Morgan fingerprint density at radius 3 is 3.00 bits per heavy atom. The molecule has 0 aliphatic carbocycles. The zero-order chi connectivity index (χ0) is 17.7. The molecule has 0 N–H and O–H groups in total. The molecule has 4 aromatic rings. The zero-order valence-corrected chi connectivity index (χ0v) is 15.2. The van der Waals surface area contributed by atoms with E-state index in [1.165, 1.54) is 4.70 Å². The van der Waals surface area contributed by atoms with Gasteiger partial charge in [0.15, 0.2) is 0 Å². The Morgan fingerprint density at radius 1 is 1.23 bits per heavy atom. The number of amides is 1. The second-order valence-electron chi connectivity index (χ2n) is 6.77. The van der Waals surface area contributed by atoms with Gasteiger partial charge >= 0.3 is 0 Å². The van der Waals surface area contributed by atoms with Gasteiger partial charge in [0.1, 0.15) is 16.3 Å². The first-order chi connectivity index (χ1) is 12.7. The summed E-state index contributed by atoms with van der Waals surface area (Å²) in [6, 6.07) is 12.2. The Balaban J connectivity index is 1.49. The molecular formula is C20H18N4OS. The van der Waals surface area contributed by atoms with Gasteiger partial charge in [-0.15, -0.1) is 11.3 Å². The summed E-state index contributed by atoms with van der Waals surface area (Å²) >= 11 is 1.69. The second kappa shape index (κ2) is 5.92. The van der Waals surface area contributed by atoms with E-state index in [0.29, 0.717) is 5.69 Å². The monoisotopic (exact) mass is 362 g/mol. The predicted octanol–water partition coefficient (Wildman–Crippen LogP) is 4.23. The van der Waals surface area contributed by atoms with Crippen LogP contribution in [0.1, 0.15) is 39.9 Å². The molecule has 1 amide bonds. The van der Waals surface area contributed by atoms with Gasteiger partial charge < -0.3 is 9.30 Å². The van der Waals surface area contributed by atoms with Gasteiger partial charge in [-0.1, -0.05) is 12.1 Å². The van der Waals surface area contributed by atoms with E-state index in [9.17, 15) is 4.79 Å². The van der Waals surface area contributed by atoms with Crippen LogP contribution in [0.4, 0.5) is 0 Å². The van der Waals surface area contributed by atoms with Crippen molar-refractivity contribution in [3.63, 3.8) is 0 Å². The maximum atomic E-state index is 13.1. The minimum atomic E-state index is -0.00638. The van der Waals surface area contributed by atoms with Crippen molar-refractivity contribution in [3.8, 4) is 0 Å². The van der Waals surface area contributed by atoms with Crippen molar-refractivity contribution in [2.45, 2.75) is 25.8 Å². The van der Waals surface area contributed by atoms with Crippen LogP contribution >= 0.6 is 11.3 Å². The fourth-order valence-corrected chi connectivity index (χ4v) is 4.75. The molecule has 1 aliphatic rings. The van der Waals surface area contributed by atoms with Gasteiger partial charge in [-0.3, -0.25) is 4.79 Å². The first kappa shape index (κ1) is 15.5. The number of aryl methyl sites for hydroxylation is 1. The summed E-state index contributed by atoms with van der Waals surface area (Å²) in [5.74, 6) is -0.00638. The first-order valence-corrected chi connectivity index (χ1v) is 9.62. The van der Waals surface area contributed by atoms with Gasteiger partial charge in [-0.25, -0.2) is 9.97 Å². The Morgan fingerprint density at radius 2 is 2.12 bits per heavy atom. The molecule has 130 valence electrons. The highest BCUT2D eigenvalue weighted by atomic mass is 32.1. The third kappa shape index (κ3) is 2.49. The Kier molecular flexibility index (Phi) is 3.53. The van der Waals surface area contributed by atoms with Crippen LogP contribution in [0.15, 0.2) is 48.8 Å². The highest BCUT2D eigenvalue weighted by molar-refractivity contribution is 7.18. The van der Waals surface area contributed by atoms with E-state index in [1.54, 1.807) is 11.3 Å². The van der Waals surface area contributed by atoms with Crippen molar-refractivity contribution in [2.75, 3.05) is 6.54 Å². The maximum absolute atomic E-state index is 13.1. The normalized spacial score (nSPS) is 17.4. The third-order valence-corrected chi connectivity index (χ3v) is 6.08. The van der Waals surface area contributed by atoms with Crippen LogP contribution in [-0.2, 0) is 0 Å². The zero-order valence-electron chi connectivity index (χ0n) is 14.4. The summed E-state index contributed by atoms with van der Waals surface area (Å²) in [5.41, 5.74) is 3.46. The standard InChI is InChI=1S/C20H18N4OS/c1-13-8-10-23-12-15(21-18(23)11-13)20(25)24-9-4-6-16(24)19-22-14-5-2-3-7-17(14)26-19/h2-3,5,7-8,10-12,16H,4,6,9H2,1H3/t16-/m0/s1. The fourth-order valence-electron chi connectivity index (χ4n) is 3.63. The molecule has 1 saturated heterocycles. The number of aromatic nitrogens is 3. The van der Waals surface area contributed by atoms with Crippen molar-refractivity contribution >= 4 is 33.1 Å². The summed E-state index contributed by atoms with van der Waals surface area (Å²) < 4.78 is 3.08. The summed E-state index contributed by atoms with van der Waals surface area (Å²) in [7, 11) is 0. The maximum Gasteiger partial charge on any atom is 0.274 e. The summed E-state index contributed by atoms with van der Waals surface area (Å²) in [6.45, 7) is 2.78. The summed E-state index contributed by atoms with van der Waals surface area (Å²) in [4.78, 5) is 24.4. The van der Waals surface area contributed by atoms with Gasteiger partial charge in [-0.2, -0.15) is 0 Å². The Bertz CT molecular complexity index is 1100. The number of fused-ring (bicyclic) bond motifs is 2. The smallest absolute Gasteiger partial charge is 0.274 e. The minimum absolute atomic E-state index is 0.00638. The van der Waals surface area contributed by atoms with Gasteiger partial charge in [0, 0.05) is 18.9 Å². The lowest BCUT2D eigenvalue weighted by Crippen LogP contribution is -2.30. The molecule has 5 nitrogen and oxygen atoms in total. The molecule has 1 aromatic carbocycles. The van der Waals surface area contributed by atoms with Crippen LogP contribution in [-0.4, -0.2) is 31.7 Å². The van der Waals surface area contributed by atoms with Crippen molar-refractivity contribution in [3.05, 3.63) is 65.1 Å². The molecule has 0 bridgehead atoms. The molecule has 1 aliphatic heterocycles. The summed E-state index contributed by atoms with van der Waals surface area (Å²) in [5, 5.41) is 1.02. The minimum Gasteiger partial charge on any atom is -0.328 e. The molecule has 0 unspecified atom stereocenters. The average molecular weight is 362 g/mol. The number of likely N-dealkylation sites (tertiary alicyclic amines) is 1. The van der Waals surface area contributed by atoms with E-state index < -0.39 is 0 Å². The molecular weight excluding hydrogens is 344 g/mol. The van der Waals surface area contributed by atoms with Gasteiger partial charge in [0.2, 0.25) is 0 Å². The van der Waals surface area contributed by atoms with Crippen LogP contribution in [0, 0.1) is 6.92 Å². The van der Waals surface area contributed by atoms with E-state index >= 15 is 0 Å². The number of carbonyl (C=O) groups is 1. The second-order valence-corrected chi connectivity index (χ2v) is 7.83. The number of thiazole rings is 1. The molecule has 1 atom stereocenters. The predicted molar refractivity (Wildman–Crippen MR) is 103 cm³/mol. The number of pyridine rings is 1. The number of para-hydroxylation sites is 1. The Hall–Kier alpha value is -2.73. The van der Waals surface area contributed by atoms with E-state index in [2.05, 4.69) is 11.1 Å². The third-order valence-electron chi connectivity index (χ3n) is 4.94. The largest absolute Gasteiger partial charge is 0.328 e. The Labute approximate surface area is 154 Å². The number of rotatable bonds is 2. The number of hydrogen-bond donors (Lipinski definition) is 0. The topological polar surface area (TPSA) is 50.5 Å². The molecule has 4 heterocycles.